The molecule has 5 atom stereocenters. The molecule has 3 rings (SSSR count). The first-order chi connectivity index (χ1) is 14.8. The molecule has 1 aromatic carbocycles. The van der Waals surface area contributed by atoms with Crippen molar-refractivity contribution < 1.29 is 24.2 Å². The van der Waals surface area contributed by atoms with Crippen LogP contribution in [0.4, 0.5) is 5.69 Å². The van der Waals surface area contributed by atoms with Crippen LogP contribution in [0.15, 0.2) is 30.4 Å². The topological polar surface area (TPSA) is 95.9 Å². The standard InChI is InChI=1S/C24H32N2O5/c1-5-31-24(30)19-16(4)9-10-17-20(19)23(29)26(11-6-12-27)21(17)22(28)25-18-13-14(2)7-8-15(18)3/h7-10,13,16-17,19-21,27H,5-6,11-12H2,1-4H3,(H,25,28)/t16-,17+,19-,20+,21+/m1/s1. The number of hydrogen-bond donors (Lipinski definition) is 2. The molecule has 1 aromatic rings. The molecule has 1 saturated heterocycles. The maximum Gasteiger partial charge on any atom is 0.310 e. The number of aliphatic hydroxyl groups is 1. The highest BCUT2D eigenvalue weighted by molar-refractivity contribution is 6.02. The third kappa shape index (κ3) is 4.51. The van der Waals surface area contributed by atoms with Crippen LogP contribution < -0.4 is 5.32 Å². The van der Waals surface area contributed by atoms with Gasteiger partial charge in [0.15, 0.2) is 0 Å². The predicted molar refractivity (Wildman–Crippen MR) is 117 cm³/mol. The molecular formula is C24H32N2O5. The molecule has 0 bridgehead atoms. The van der Waals surface area contributed by atoms with E-state index in [4.69, 9.17) is 4.74 Å². The molecule has 1 aliphatic carbocycles. The zero-order valence-corrected chi connectivity index (χ0v) is 18.6. The van der Waals surface area contributed by atoms with Crippen LogP contribution in [0.2, 0.25) is 0 Å². The Hall–Kier alpha value is -2.67. The highest BCUT2D eigenvalue weighted by Gasteiger charge is 2.56. The van der Waals surface area contributed by atoms with Crippen LogP contribution in [0.1, 0.15) is 31.4 Å². The van der Waals surface area contributed by atoms with Crippen molar-refractivity contribution >= 4 is 23.5 Å². The van der Waals surface area contributed by atoms with E-state index >= 15 is 0 Å². The van der Waals surface area contributed by atoms with Gasteiger partial charge in [-0.2, -0.15) is 0 Å². The lowest BCUT2D eigenvalue weighted by atomic mass is 9.70. The molecule has 1 aliphatic heterocycles. The van der Waals surface area contributed by atoms with Gasteiger partial charge in [-0.1, -0.05) is 31.2 Å². The van der Waals surface area contributed by atoms with E-state index in [1.807, 2.05) is 51.1 Å². The fraction of sp³-hybridized carbons (Fsp3) is 0.542. The van der Waals surface area contributed by atoms with E-state index in [2.05, 4.69) is 5.32 Å². The molecule has 0 unspecified atom stereocenters. The van der Waals surface area contributed by atoms with E-state index < -0.39 is 29.8 Å². The zero-order chi connectivity index (χ0) is 22.7. The molecule has 0 saturated carbocycles. The van der Waals surface area contributed by atoms with Crippen molar-refractivity contribution in [3.05, 3.63) is 41.5 Å². The van der Waals surface area contributed by atoms with E-state index in [-0.39, 0.29) is 37.5 Å². The van der Waals surface area contributed by atoms with Gasteiger partial charge in [0.1, 0.15) is 6.04 Å². The second-order valence-corrected chi connectivity index (χ2v) is 8.49. The highest BCUT2D eigenvalue weighted by Crippen LogP contribution is 2.44. The molecular weight excluding hydrogens is 396 g/mol. The smallest absolute Gasteiger partial charge is 0.310 e. The largest absolute Gasteiger partial charge is 0.466 e. The number of anilines is 1. The lowest BCUT2D eigenvalue weighted by Crippen LogP contribution is -2.45. The molecule has 1 heterocycles. The number of rotatable bonds is 7. The Kier molecular flexibility index (Phi) is 7.15. The van der Waals surface area contributed by atoms with E-state index in [0.717, 1.165) is 11.1 Å². The maximum atomic E-state index is 13.4. The van der Waals surface area contributed by atoms with Crippen molar-refractivity contribution in [3.8, 4) is 0 Å². The summed E-state index contributed by atoms with van der Waals surface area (Å²) in [4.78, 5) is 41.1. The van der Waals surface area contributed by atoms with E-state index in [1.54, 1.807) is 6.92 Å². The second-order valence-electron chi connectivity index (χ2n) is 8.49. The van der Waals surface area contributed by atoms with Gasteiger partial charge < -0.3 is 20.1 Å². The van der Waals surface area contributed by atoms with Gasteiger partial charge in [-0.3, -0.25) is 14.4 Å². The predicted octanol–water partition coefficient (Wildman–Crippen LogP) is 2.45. The number of carbonyl (C=O) groups is 3. The first-order valence-electron chi connectivity index (χ1n) is 10.9. The van der Waals surface area contributed by atoms with Gasteiger partial charge in [0.2, 0.25) is 11.8 Å². The number of fused-ring (bicyclic) bond motifs is 1. The van der Waals surface area contributed by atoms with Crippen molar-refractivity contribution in [1.29, 1.82) is 0 Å². The molecule has 7 nitrogen and oxygen atoms in total. The molecule has 2 N–H and O–H groups in total. The van der Waals surface area contributed by atoms with E-state index in [9.17, 15) is 19.5 Å². The number of nitrogens with one attached hydrogen (secondary N) is 1. The summed E-state index contributed by atoms with van der Waals surface area (Å²) >= 11 is 0. The maximum absolute atomic E-state index is 13.4. The second kappa shape index (κ2) is 9.64. The SMILES string of the molecule is CCOC(=O)[C@H]1[C@H]2C(=O)N(CCCO)[C@H](C(=O)Nc3cc(C)ccc3C)[C@H]2C=C[C@H]1C. The van der Waals surface area contributed by atoms with Gasteiger partial charge in [-0.15, -0.1) is 0 Å². The van der Waals surface area contributed by atoms with Crippen molar-refractivity contribution in [2.24, 2.45) is 23.7 Å². The Bertz CT molecular complexity index is 881. The Balaban J connectivity index is 1.95. The first kappa shape index (κ1) is 23.0. The zero-order valence-electron chi connectivity index (χ0n) is 18.6. The Labute approximate surface area is 183 Å². The van der Waals surface area contributed by atoms with Crippen LogP contribution >= 0.6 is 0 Å². The van der Waals surface area contributed by atoms with Crippen LogP contribution in [-0.2, 0) is 19.1 Å². The monoisotopic (exact) mass is 428 g/mol. The van der Waals surface area contributed by atoms with Crippen molar-refractivity contribution in [2.45, 2.75) is 40.2 Å². The van der Waals surface area contributed by atoms with Gasteiger partial charge in [0.05, 0.1) is 18.4 Å². The molecule has 7 heteroatoms. The summed E-state index contributed by atoms with van der Waals surface area (Å²) in [5.41, 5.74) is 2.66. The van der Waals surface area contributed by atoms with E-state index in [1.165, 1.54) is 4.90 Å². The number of carbonyl (C=O) groups excluding carboxylic acids is 3. The summed E-state index contributed by atoms with van der Waals surface area (Å²) in [5, 5.41) is 12.3. The van der Waals surface area contributed by atoms with Gasteiger partial charge in [-0.05, 0) is 50.3 Å². The van der Waals surface area contributed by atoms with Crippen molar-refractivity contribution in [1.82, 2.24) is 4.90 Å². The summed E-state index contributed by atoms with van der Waals surface area (Å²) in [6.45, 7) is 7.91. The minimum atomic E-state index is -0.746. The minimum absolute atomic E-state index is 0.0853. The van der Waals surface area contributed by atoms with Gasteiger partial charge >= 0.3 is 5.97 Å². The number of amides is 2. The van der Waals surface area contributed by atoms with Crippen LogP contribution in [0, 0.1) is 37.5 Å². The molecule has 0 aromatic heterocycles. The number of hydrogen-bond acceptors (Lipinski definition) is 5. The van der Waals surface area contributed by atoms with Crippen LogP contribution in [-0.4, -0.2) is 53.6 Å². The average Bonchev–Trinajstić information content (AvgIpc) is 3.01. The quantitative estimate of drug-likeness (QED) is 0.514. The summed E-state index contributed by atoms with van der Waals surface area (Å²) in [7, 11) is 0. The molecule has 31 heavy (non-hydrogen) atoms. The Morgan fingerprint density at radius 1 is 1.23 bits per heavy atom. The van der Waals surface area contributed by atoms with Crippen LogP contribution in [0.25, 0.3) is 0 Å². The highest BCUT2D eigenvalue weighted by atomic mass is 16.5. The third-order valence-electron chi connectivity index (χ3n) is 6.31. The normalized spacial score (nSPS) is 27.2. The molecule has 2 aliphatic rings. The average molecular weight is 429 g/mol. The molecule has 2 amide bonds. The minimum Gasteiger partial charge on any atom is -0.466 e. The molecule has 0 spiro atoms. The number of likely N-dealkylation sites (tertiary alicyclic amines) is 1. The van der Waals surface area contributed by atoms with Gasteiger partial charge in [-0.25, -0.2) is 0 Å². The lowest BCUT2D eigenvalue weighted by molar-refractivity contribution is -0.155. The van der Waals surface area contributed by atoms with E-state index in [0.29, 0.717) is 12.1 Å². The van der Waals surface area contributed by atoms with Crippen molar-refractivity contribution in [2.75, 3.05) is 25.1 Å². The summed E-state index contributed by atoms with van der Waals surface area (Å²) in [6, 6.07) is 5.07. The molecule has 1 fully saturated rings. The Morgan fingerprint density at radius 2 is 1.97 bits per heavy atom. The third-order valence-corrected chi connectivity index (χ3v) is 6.31. The number of esters is 1. The van der Waals surface area contributed by atoms with Crippen LogP contribution in [0.5, 0.6) is 0 Å². The van der Waals surface area contributed by atoms with Gasteiger partial charge in [0, 0.05) is 24.8 Å². The fourth-order valence-corrected chi connectivity index (χ4v) is 4.75. The lowest BCUT2D eigenvalue weighted by Gasteiger charge is -2.32. The molecule has 0 radical (unpaired) electrons. The van der Waals surface area contributed by atoms with Gasteiger partial charge in [0.25, 0.3) is 0 Å². The summed E-state index contributed by atoms with van der Waals surface area (Å²) in [5.74, 6) is -2.78. The number of aliphatic hydroxyl groups excluding tert-OH is 1. The fourth-order valence-electron chi connectivity index (χ4n) is 4.75. The van der Waals surface area contributed by atoms with Crippen LogP contribution in [0.3, 0.4) is 0 Å². The number of nitrogens with zero attached hydrogens (tertiary/aromatic N) is 1. The number of aryl methyl sites for hydroxylation is 2. The Morgan fingerprint density at radius 3 is 2.65 bits per heavy atom. The summed E-state index contributed by atoms with van der Waals surface area (Å²) in [6.07, 6.45) is 4.17. The van der Waals surface area contributed by atoms with Crippen molar-refractivity contribution in [3.63, 3.8) is 0 Å². The molecule has 168 valence electrons. The number of ether oxygens (including phenoxy) is 1. The summed E-state index contributed by atoms with van der Waals surface area (Å²) < 4.78 is 5.26. The number of allylic oxidation sites excluding steroid dienone is 1. The first-order valence-corrected chi connectivity index (χ1v) is 10.9. The number of benzene rings is 1.